The summed E-state index contributed by atoms with van der Waals surface area (Å²) in [6, 6.07) is 6.66. The molecule has 7 heteroatoms. The first-order valence-corrected chi connectivity index (χ1v) is 6.04. The predicted molar refractivity (Wildman–Crippen MR) is 58.7 cm³/mol. The molecule has 0 radical (unpaired) electrons. The molecule has 0 unspecified atom stereocenters. The van der Waals surface area contributed by atoms with E-state index in [1.165, 1.54) is 11.6 Å². The summed E-state index contributed by atoms with van der Waals surface area (Å²) in [6.45, 7) is 0. The number of hydrogen-bond acceptors (Lipinski definition) is 3. The Kier molecular flexibility index (Phi) is 2.42. The van der Waals surface area contributed by atoms with Crippen molar-refractivity contribution >= 4 is 24.1 Å². The highest BCUT2D eigenvalue weighted by Gasteiger charge is 2.25. The summed E-state index contributed by atoms with van der Waals surface area (Å²) >= 11 is 0. The van der Waals surface area contributed by atoms with Gasteiger partial charge in [0.2, 0.25) is 5.44 Å². The molecule has 1 aromatic heterocycles. The Morgan fingerprint density at radius 1 is 1.31 bits per heavy atom. The van der Waals surface area contributed by atoms with Crippen LogP contribution in [0.2, 0.25) is 0 Å². The van der Waals surface area contributed by atoms with E-state index >= 15 is 0 Å². The van der Waals surface area contributed by atoms with Crippen molar-refractivity contribution in [2.75, 3.05) is 0 Å². The van der Waals surface area contributed by atoms with Crippen molar-refractivity contribution in [2.24, 2.45) is 7.05 Å². The molecule has 0 aliphatic heterocycles. The SMILES string of the molecule is Cn1c(=O)c(P(=O)(O)O)nc2ccccc21. The van der Waals surface area contributed by atoms with Gasteiger partial charge in [0.05, 0.1) is 11.0 Å². The molecule has 0 aliphatic rings. The molecule has 0 saturated carbocycles. The van der Waals surface area contributed by atoms with Crippen LogP contribution in [0.4, 0.5) is 0 Å². The number of rotatable bonds is 1. The second kappa shape index (κ2) is 3.52. The maximum absolute atomic E-state index is 11.6. The van der Waals surface area contributed by atoms with Crippen molar-refractivity contribution in [3.8, 4) is 0 Å². The van der Waals surface area contributed by atoms with Crippen LogP contribution in [0, 0.1) is 0 Å². The number of aryl methyl sites for hydroxylation is 1. The Labute approximate surface area is 90.3 Å². The van der Waals surface area contributed by atoms with Gasteiger partial charge in [-0.15, -0.1) is 0 Å². The summed E-state index contributed by atoms with van der Waals surface area (Å²) in [7, 11) is -3.18. The second-order valence-electron chi connectivity index (χ2n) is 3.33. The zero-order valence-corrected chi connectivity index (χ0v) is 9.26. The quantitative estimate of drug-likeness (QED) is 0.670. The van der Waals surface area contributed by atoms with Crippen molar-refractivity contribution in [3.05, 3.63) is 34.6 Å². The van der Waals surface area contributed by atoms with Gasteiger partial charge in [0, 0.05) is 7.05 Å². The molecule has 1 aromatic carbocycles. The van der Waals surface area contributed by atoms with E-state index in [-0.39, 0.29) is 0 Å². The molecule has 0 atom stereocenters. The molecule has 2 rings (SSSR count). The van der Waals surface area contributed by atoms with Gasteiger partial charge in [-0.25, -0.2) is 4.98 Å². The Morgan fingerprint density at radius 2 is 1.94 bits per heavy atom. The van der Waals surface area contributed by atoms with Crippen LogP contribution in [0.3, 0.4) is 0 Å². The van der Waals surface area contributed by atoms with Gasteiger partial charge in [0.15, 0.2) is 0 Å². The third-order valence-electron chi connectivity index (χ3n) is 2.24. The van der Waals surface area contributed by atoms with E-state index in [4.69, 9.17) is 9.79 Å². The lowest BCUT2D eigenvalue weighted by molar-refractivity contribution is 0.385. The number of para-hydroxylation sites is 2. The lowest BCUT2D eigenvalue weighted by atomic mass is 10.3. The fourth-order valence-corrected chi connectivity index (χ4v) is 2.09. The van der Waals surface area contributed by atoms with Gasteiger partial charge < -0.3 is 14.4 Å². The molecule has 0 fully saturated rings. The molecule has 0 saturated heterocycles. The van der Waals surface area contributed by atoms with Crippen LogP contribution < -0.4 is 11.0 Å². The molecular weight excluding hydrogens is 231 g/mol. The summed E-state index contributed by atoms with van der Waals surface area (Å²) in [6.07, 6.45) is 0. The first-order chi connectivity index (χ1) is 7.41. The fraction of sp³-hybridized carbons (Fsp3) is 0.111. The molecule has 2 aromatic rings. The Balaban J connectivity index is 2.96. The van der Waals surface area contributed by atoms with E-state index < -0.39 is 18.6 Å². The van der Waals surface area contributed by atoms with E-state index in [1.54, 1.807) is 24.3 Å². The summed E-state index contributed by atoms with van der Waals surface area (Å²) in [5.74, 6) is 0. The van der Waals surface area contributed by atoms with Gasteiger partial charge in [-0.2, -0.15) is 0 Å². The van der Waals surface area contributed by atoms with E-state index in [9.17, 15) is 9.36 Å². The lowest BCUT2D eigenvalue weighted by Crippen LogP contribution is -2.35. The fourth-order valence-electron chi connectivity index (χ4n) is 1.45. The maximum Gasteiger partial charge on any atom is 0.380 e. The van der Waals surface area contributed by atoms with Gasteiger partial charge in [0.1, 0.15) is 0 Å². The largest absolute Gasteiger partial charge is 0.380 e. The Bertz CT molecular complexity index is 658. The number of aromatic nitrogens is 2. The van der Waals surface area contributed by atoms with Gasteiger partial charge in [-0.3, -0.25) is 9.36 Å². The number of hydrogen-bond donors (Lipinski definition) is 2. The summed E-state index contributed by atoms with van der Waals surface area (Å²) in [4.78, 5) is 33.3. The normalized spacial score (nSPS) is 11.9. The standard InChI is InChI=1S/C9H9N2O4P/c1-11-7-5-3-2-4-6(7)10-8(9(11)12)16(13,14)15/h2-5H,1H3,(H2,13,14,15). The molecule has 0 bridgehead atoms. The first-order valence-electron chi connectivity index (χ1n) is 4.43. The molecule has 1 heterocycles. The van der Waals surface area contributed by atoms with Crippen LogP contribution in [0.15, 0.2) is 29.1 Å². The van der Waals surface area contributed by atoms with Crippen molar-refractivity contribution in [3.63, 3.8) is 0 Å². The molecule has 6 nitrogen and oxygen atoms in total. The number of fused-ring (bicyclic) bond motifs is 1. The summed E-state index contributed by atoms with van der Waals surface area (Å²) < 4.78 is 12.2. The minimum atomic E-state index is -4.63. The average Bonchev–Trinajstić information content (AvgIpc) is 2.22. The third kappa shape index (κ3) is 1.67. The minimum Gasteiger partial charge on any atom is -0.320 e. The van der Waals surface area contributed by atoms with E-state index in [0.29, 0.717) is 11.0 Å². The van der Waals surface area contributed by atoms with Crippen molar-refractivity contribution in [1.82, 2.24) is 9.55 Å². The molecule has 2 N–H and O–H groups in total. The zero-order valence-electron chi connectivity index (χ0n) is 8.36. The molecule has 84 valence electrons. The van der Waals surface area contributed by atoms with Crippen LogP contribution in [0.1, 0.15) is 0 Å². The maximum atomic E-state index is 11.6. The average molecular weight is 240 g/mol. The summed E-state index contributed by atoms with van der Waals surface area (Å²) in [5.41, 5.74) is -0.576. The highest BCUT2D eigenvalue weighted by atomic mass is 31.2. The van der Waals surface area contributed by atoms with Gasteiger partial charge >= 0.3 is 7.60 Å². The van der Waals surface area contributed by atoms with Crippen LogP contribution in [-0.4, -0.2) is 19.3 Å². The summed E-state index contributed by atoms with van der Waals surface area (Å²) in [5, 5.41) is 0. The van der Waals surface area contributed by atoms with Crippen molar-refractivity contribution in [2.45, 2.75) is 0 Å². The highest BCUT2D eigenvalue weighted by molar-refractivity contribution is 7.59. The first kappa shape index (κ1) is 11.0. The minimum absolute atomic E-state index is 0.378. The van der Waals surface area contributed by atoms with Crippen LogP contribution in [-0.2, 0) is 11.6 Å². The van der Waals surface area contributed by atoms with Crippen LogP contribution in [0.25, 0.3) is 11.0 Å². The molecule has 0 amide bonds. The smallest absolute Gasteiger partial charge is 0.320 e. The highest BCUT2D eigenvalue weighted by Crippen LogP contribution is 2.30. The zero-order chi connectivity index (χ0) is 11.9. The van der Waals surface area contributed by atoms with Crippen LogP contribution >= 0.6 is 7.60 Å². The molecule has 0 spiro atoms. The van der Waals surface area contributed by atoms with E-state index in [0.717, 1.165) is 0 Å². The predicted octanol–water partition coefficient (Wildman–Crippen LogP) is -0.264. The monoisotopic (exact) mass is 240 g/mol. The van der Waals surface area contributed by atoms with Gasteiger partial charge in [0.25, 0.3) is 5.56 Å². The van der Waals surface area contributed by atoms with Gasteiger partial charge in [-0.05, 0) is 12.1 Å². The van der Waals surface area contributed by atoms with Crippen molar-refractivity contribution in [1.29, 1.82) is 0 Å². The lowest BCUT2D eigenvalue weighted by Gasteiger charge is -2.08. The molecular formula is C9H9N2O4P. The van der Waals surface area contributed by atoms with Crippen LogP contribution in [0.5, 0.6) is 0 Å². The molecule has 0 aliphatic carbocycles. The number of nitrogens with zero attached hydrogens (tertiary/aromatic N) is 2. The number of benzene rings is 1. The Hall–Kier alpha value is -1.49. The van der Waals surface area contributed by atoms with Gasteiger partial charge in [-0.1, -0.05) is 12.1 Å². The van der Waals surface area contributed by atoms with E-state index in [1.807, 2.05) is 0 Å². The molecule has 16 heavy (non-hydrogen) atoms. The van der Waals surface area contributed by atoms with Crippen molar-refractivity contribution < 1.29 is 14.4 Å². The topological polar surface area (TPSA) is 92.4 Å². The Morgan fingerprint density at radius 3 is 2.56 bits per heavy atom. The third-order valence-corrected chi connectivity index (χ3v) is 3.08. The second-order valence-corrected chi connectivity index (χ2v) is 4.84. The van der Waals surface area contributed by atoms with E-state index in [2.05, 4.69) is 4.98 Å².